The second-order valence-corrected chi connectivity index (χ2v) is 9.93. The molecule has 1 aromatic heterocycles. The van der Waals surface area contributed by atoms with E-state index in [9.17, 15) is 14.7 Å². The number of hydrogen-bond donors (Lipinski definition) is 3. The van der Waals surface area contributed by atoms with Crippen LogP contribution in [0.4, 0.5) is 10.1 Å². The van der Waals surface area contributed by atoms with Gasteiger partial charge in [-0.25, -0.2) is 9.18 Å². The third-order valence-corrected chi connectivity index (χ3v) is 7.66. The van der Waals surface area contributed by atoms with Gasteiger partial charge in [0.15, 0.2) is 11.6 Å². The highest BCUT2D eigenvalue weighted by atomic mass is 19.1. The largest absolute Gasteiger partial charge is 0.492 e. The van der Waals surface area contributed by atoms with Crippen LogP contribution in [0.25, 0.3) is 10.9 Å². The summed E-state index contributed by atoms with van der Waals surface area (Å²) in [7, 11) is 1.49. The van der Waals surface area contributed by atoms with Gasteiger partial charge in [-0.05, 0) is 64.1 Å². The van der Waals surface area contributed by atoms with E-state index < -0.39 is 17.2 Å². The number of carboxylic acids is 1. The van der Waals surface area contributed by atoms with Crippen LogP contribution in [-0.4, -0.2) is 61.0 Å². The Hall–Kier alpha value is -2.65. The minimum Gasteiger partial charge on any atom is -0.492 e. The summed E-state index contributed by atoms with van der Waals surface area (Å²) in [5, 5.41) is 16.7. The zero-order chi connectivity index (χ0) is 24.0. The molecule has 9 heteroatoms. The van der Waals surface area contributed by atoms with E-state index in [1.807, 2.05) is 4.90 Å². The Kier molecular flexibility index (Phi) is 6.24. The van der Waals surface area contributed by atoms with Crippen LogP contribution < -0.4 is 25.7 Å². The number of fused-ring (bicyclic) bond motifs is 1. The van der Waals surface area contributed by atoms with Crippen molar-refractivity contribution < 1.29 is 19.0 Å². The number of piperidine rings is 1. The Balaban J connectivity index is 1.50. The lowest BCUT2D eigenvalue weighted by atomic mass is 9.97. The van der Waals surface area contributed by atoms with E-state index in [2.05, 4.69) is 17.6 Å². The highest BCUT2D eigenvalue weighted by Crippen LogP contribution is 2.44. The number of ether oxygens (including phenoxy) is 1. The third kappa shape index (κ3) is 4.15. The van der Waals surface area contributed by atoms with Crippen molar-refractivity contribution in [3.63, 3.8) is 0 Å². The van der Waals surface area contributed by atoms with Crippen molar-refractivity contribution in [2.45, 2.75) is 57.2 Å². The molecule has 3 fully saturated rings. The van der Waals surface area contributed by atoms with Gasteiger partial charge in [0.05, 0.1) is 18.0 Å². The number of pyridine rings is 1. The van der Waals surface area contributed by atoms with Crippen LogP contribution >= 0.6 is 0 Å². The Morgan fingerprint density at radius 2 is 2.00 bits per heavy atom. The summed E-state index contributed by atoms with van der Waals surface area (Å²) in [6.07, 6.45) is 6.34. The lowest BCUT2D eigenvalue weighted by Gasteiger charge is -2.30. The number of nitrogens with one attached hydrogen (secondary N) is 2. The Morgan fingerprint density at radius 3 is 2.65 bits per heavy atom. The predicted octanol–water partition coefficient (Wildman–Crippen LogP) is 2.74. The standard InChI is InChI=1S/C25H33FN4O4/c1-14(28-16-5-8-27-9-6-16)15-7-10-29(12-15)22-20(26)11-18-21(24(22)34-2)30(17-3-4-17)13-19(23(18)31)25(32)33/h11,13-17,27-28H,3-10,12H2,1-2H3,(H,32,33). The summed E-state index contributed by atoms with van der Waals surface area (Å²) >= 11 is 0. The first-order chi connectivity index (χ1) is 16.4. The first kappa shape index (κ1) is 23.1. The molecule has 5 rings (SSSR count). The van der Waals surface area contributed by atoms with Crippen LogP contribution in [0, 0.1) is 11.7 Å². The number of aromatic carboxylic acids is 1. The summed E-state index contributed by atoms with van der Waals surface area (Å²) in [5.41, 5.74) is -0.168. The summed E-state index contributed by atoms with van der Waals surface area (Å²) in [5.74, 6) is -1.17. The molecule has 0 bridgehead atoms. The van der Waals surface area contributed by atoms with Crippen LogP contribution in [0.1, 0.15) is 55.4 Å². The van der Waals surface area contributed by atoms with Gasteiger partial charge in [-0.1, -0.05) is 0 Å². The quantitative estimate of drug-likeness (QED) is 0.570. The molecule has 3 N–H and O–H groups in total. The van der Waals surface area contributed by atoms with Crippen LogP contribution in [-0.2, 0) is 0 Å². The molecule has 0 spiro atoms. The van der Waals surface area contributed by atoms with E-state index in [0.717, 1.165) is 45.2 Å². The Bertz CT molecular complexity index is 1160. The maximum atomic E-state index is 15.5. The van der Waals surface area contributed by atoms with Crippen molar-refractivity contribution >= 4 is 22.6 Å². The number of methoxy groups -OCH3 is 1. The topological polar surface area (TPSA) is 95.8 Å². The lowest BCUT2D eigenvalue weighted by Crippen LogP contribution is -2.46. The van der Waals surface area contributed by atoms with E-state index >= 15 is 4.39 Å². The molecule has 184 valence electrons. The predicted molar refractivity (Wildman–Crippen MR) is 129 cm³/mol. The fourth-order valence-electron chi connectivity index (χ4n) is 5.62. The molecular formula is C25H33FN4O4. The van der Waals surface area contributed by atoms with Gasteiger partial charge in [0.25, 0.3) is 0 Å². The second-order valence-electron chi connectivity index (χ2n) is 9.93. The third-order valence-electron chi connectivity index (χ3n) is 7.66. The van der Waals surface area contributed by atoms with Gasteiger partial charge >= 0.3 is 5.97 Å². The SMILES string of the molecule is COc1c(N2CCC(C(C)NC3CCNCC3)C2)c(F)cc2c(=O)c(C(=O)O)cn(C3CC3)c12. The maximum Gasteiger partial charge on any atom is 0.341 e. The highest BCUT2D eigenvalue weighted by Gasteiger charge is 2.35. The normalized spacial score (nSPS) is 22.3. The summed E-state index contributed by atoms with van der Waals surface area (Å²) in [4.78, 5) is 26.6. The molecule has 2 unspecified atom stereocenters. The number of halogens is 1. The minimum atomic E-state index is -1.30. The van der Waals surface area contributed by atoms with Gasteiger partial charge < -0.3 is 29.9 Å². The fourth-order valence-corrected chi connectivity index (χ4v) is 5.62. The molecule has 1 aromatic carbocycles. The van der Waals surface area contributed by atoms with E-state index in [1.54, 1.807) is 4.57 Å². The van der Waals surface area contributed by atoms with Crippen LogP contribution in [0.5, 0.6) is 5.75 Å². The van der Waals surface area contributed by atoms with Crippen molar-refractivity contribution in [2.75, 3.05) is 38.2 Å². The second kappa shape index (κ2) is 9.19. The van der Waals surface area contributed by atoms with Crippen molar-refractivity contribution in [2.24, 2.45) is 5.92 Å². The maximum absolute atomic E-state index is 15.5. The van der Waals surface area contributed by atoms with Gasteiger partial charge in [-0.15, -0.1) is 0 Å². The smallest absolute Gasteiger partial charge is 0.341 e. The monoisotopic (exact) mass is 472 g/mol. The van der Waals surface area contributed by atoms with E-state index in [0.29, 0.717) is 48.0 Å². The number of anilines is 1. The van der Waals surface area contributed by atoms with Gasteiger partial charge in [0.1, 0.15) is 11.3 Å². The highest BCUT2D eigenvalue weighted by molar-refractivity contribution is 5.97. The molecule has 1 aliphatic carbocycles. The molecule has 2 aliphatic heterocycles. The molecule has 2 aromatic rings. The van der Waals surface area contributed by atoms with Crippen molar-refractivity contribution in [1.29, 1.82) is 0 Å². The molecule has 8 nitrogen and oxygen atoms in total. The molecule has 2 saturated heterocycles. The lowest BCUT2D eigenvalue weighted by molar-refractivity contribution is 0.0694. The Morgan fingerprint density at radius 1 is 1.26 bits per heavy atom. The first-order valence-electron chi connectivity index (χ1n) is 12.3. The van der Waals surface area contributed by atoms with E-state index in [4.69, 9.17) is 4.74 Å². The molecule has 0 amide bonds. The summed E-state index contributed by atoms with van der Waals surface area (Å²) in [6, 6.07) is 2.11. The molecular weight excluding hydrogens is 439 g/mol. The van der Waals surface area contributed by atoms with Crippen molar-refractivity contribution in [3.05, 3.63) is 33.9 Å². The molecule has 2 atom stereocenters. The zero-order valence-corrected chi connectivity index (χ0v) is 19.8. The Labute approximate surface area is 198 Å². The number of hydrogen-bond acceptors (Lipinski definition) is 6. The number of carboxylic acid groups (broad SMARTS) is 1. The first-order valence-corrected chi connectivity index (χ1v) is 12.3. The fraction of sp³-hybridized carbons (Fsp3) is 0.600. The number of rotatable bonds is 7. The number of nitrogens with zero attached hydrogens (tertiary/aromatic N) is 2. The van der Waals surface area contributed by atoms with Gasteiger partial charge in [0, 0.05) is 37.4 Å². The van der Waals surface area contributed by atoms with E-state index in [1.165, 1.54) is 19.4 Å². The molecule has 3 aliphatic rings. The number of benzene rings is 1. The van der Waals surface area contributed by atoms with Gasteiger partial charge in [-0.2, -0.15) is 0 Å². The minimum absolute atomic E-state index is 0.0570. The number of aromatic nitrogens is 1. The van der Waals surface area contributed by atoms with E-state index in [-0.39, 0.29) is 17.0 Å². The average Bonchev–Trinajstić information content (AvgIpc) is 3.55. The van der Waals surface area contributed by atoms with Crippen molar-refractivity contribution in [1.82, 2.24) is 15.2 Å². The summed E-state index contributed by atoms with van der Waals surface area (Å²) in [6.45, 7) is 5.67. The van der Waals surface area contributed by atoms with Crippen LogP contribution in [0.2, 0.25) is 0 Å². The van der Waals surface area contributed by atoms with Gasteiger partial charge in [-0.3, -0.25) is 4.79 Å². The van der Waals surface area contributed by atoms with Crippen molar-refractivity contribution in [3.8, 4) is 5.75 Å². The average molecular weight is 473 g/mol. The number of carbonyl (C=O) groups is 1. The molecule has 34 heavy (non-hydrogen) atoms. The van der Waals surface area contributed by atoms with Crippen LogP contribution in [0.3, 0.4) is 0 Å². The summed E-state index contributed by atoms with van der Waals surface area (Å²) < 4.78 is 23.1. The molecule has 3 heterocycles. The zero-order valence-electron chi connectivity index (χ0n) is 19.8. The molecule has 0 radical (unpaired) electrons. The van der Waals surface area contributed by atoms with Crippen LogP contribution in [0.15, 0.2) is 17.1 Å². The van der Waals surface area contributed by atoms with Gasteiger partial charge in [0.2, 0.25) is 5.43 Å². The molecule has 1 saturated carbocycles.